The second kappa shape index (κ2) is 8.81. The van der Waals surface area contributed by atoms with Crippen molar-refractivity contribution in [2.24, 2.45) is 0 Å². The van der Waals surface area contributed by atoms with E-state index in [-0.39, 0.29) is 12.1 Å². The number of rotatable bonds is 5. The van der Waals surface area contributed by atoms with E-state index >= 15 is 0 Å². The van der Waals surface area contributed by atoms with Gasteiger partial charge in [-0.3, -0.25) is 9.80 Å². The molecule has 0 spiro atoms. The minimum atomic E-state index is -0.522. The molecule has 1 aliphatic rings. The van der Waals surface area contributed by atoms with Crippen LogP contribution in [0.25, 0.3) is 4.85 Å². The number of amides is 2. The summed E-state index contributed by atoms with van der Waals surface area (Å²) in [5.74, 6) is 0. The number of anilines is 2. The number of nitriles is 1. The Balaban J connectivity index is 1.93. The van der Waals surface area contributed by atoms with E-state index in [0.717, 1.165) is 35.3 Å². The SMILES string of the molecule is [C-]#[N+]c1ccc(N2C(=O)N(c3ccc(C#N)cc3)[C@](C)(CCC)[C@@H]2c2cccc(C)c2)cc1. The summed E-state index contributed by atoms with van der Waals surface area (Å²) in [7, 11) is 0. The minimum absolute atomic E-state index is 0.113. The van der Waals surface area contributed by atoms with Crippen LogP contribution in [0.15, 0.2) is 72.8 Å². The van der Waals surface area contributed by atoms with Gasteiger partial charge in [-0.15, -0.1) is 0 Å². The van der Waals surface area contributed by atoms with Gasteiger partial charge in [-0.2, -0.15) is 5.26 Å². The Kier molecular flexibility index (Phi) is 5.90. The summed E-state index contributed by atoms with van der Waals surface area (Å²) in [6.45, 7) is 13.6. The quantitative estimate of drug-likeness (QED) is 0.400. The number of hydrogen-bond donors (Lipinski definition) is 0. The van der Waals surface area contributed by atoms with Gasteiger partial charge in [-0.1, -0.05) is 55.3 Å². The van der Waals surface area contributed by atoms with Gasteiger partial charge >= 0.3 is 6.03 Å². The summed E-state index contributed by atoms with van der Waals surface area (Å²) >= 11 is 0. The maximum Gasteiger partial charge on any atom is 0.330 e. The van der Waals surface area contributed by atoms with E-state index < -0.39 is 5.54 Å². The molecule has 5 nitrogen and oxygen atoms in total. The monoisotopic (exact) mass is 434 g/mol. The summed E-state index contributed by atoms with van der Waals surface area (Å²) in [6, 6.07) is 24.6. The van der Waals surface area contributed by atoms with Gasteiger partial charge < -0.3 is 0 Å². The molecule has 1 saturated heterocycles. The fraction of sp³-hybridized carbons (Fsp3) is 0.250. The lowest BCUT2D eigenvalue weighted by atomic mass is 9.82. The molecule has 3 aromatic rings. The van der Waals surface area contributed by atoms with E-state index in [9.17, 15) is 10.1 Å². The number of carbonyl (C=O) groups is 1. The third kappa shape index (κ3) is 3.83. The highest BCUT2D eigenvalue weighted by atomic mass is 16.2. The van der Waals surface area contributed by atoms with E-state index in [0.29, 0.717) is 11.3 Å². The molecular weight excluding hydrogens is 408 g/mol. The summed E-state index contributed by atoms with van der Waals surface area (Å²) in [4.78, 5) is 21.3. The van der Waals surface area contributed by atoms with Gasteiger partial charge in [0.15, 0.2) is 5.69 Å². The second-order valence-electron chi connectivity index (χ2n) is 8.70. The first-order valence-electron chi connectivity index (χ1n) is 11.1. The van der Waals surface area contributed by atoms with Crippen LogP contribution in [0, 0.1) is 24.8 Å². The Morgan fingerprint density at radius 3 is 2.30 bits per heavy atom. The van der Waals surface area contributed by atoms with Gasteiger partial charge in [-0.05, 0) is 62.2 Å². The number of nitrogens with zero attached hydrogens (tertiary/aromatic N) is 4. The zero-order chi connectivity index (χ0) is 23.6. The number of aryl methyl sites for hydroxylation is 1. The van der Waals surface area contributed by atoms with Gasteiger partial charge in [0, 0.05) is 11.4 Å². The summed E-state index contributed by atoms with van der Waals surface area (Å²) in [5.41, 5.74) is 4.32. The Hall–Kier alpha value is -4.09. The highest BCUT2D eigenvalue weighted by Gasteiger charge is 2.55. The van der Waals surface area contributed by atoms with Crippen molar-refractivity contribution >= 4 is 23.1 Å². The first kappa shape index (κ1) is 22.1. The van der Waals surface area contributed by atoms with Gasteiger partial charge in [0.1, 0.15) is 0 Å². The average molecular weight is 435 g/mol. The van der Waals surface area contributed by atoms with Crippen molar-refractivity contribution < 1.29 is 4.79 Å². The Morgan fingerprint density at radius 2 is 1.73 bits per heavy atom. The first-order valence-corrected chi connectivity index (χ1v) is 11.1. The lowest BCUT2D eigenvalue weighted by Gasteiger charge is -2.39. The van der Waals surface area contributed by atoms with E-state index in [1.165, 1.54) is 0 Å². The zero-order valence-corrected chi connectivity index (χ0v) is 19.1. The summed E-state index contributed by atoms with van der Waals surface area (Å²) in [5, 5.41) is 9.22. The molecule has 0 unspecified atom stereocenters. The Morgan fingerprint density at radius 1 is 1.06 bits per heavy atom. The van der Waals surface area contributed by atoms with E-state index in [1.807, 2.05) is 40.1 Å². The Bertz CT molecular complexity index is 1250. The maximum atomic E-state index is 14.1. The van der Waals surface area contributed by atoms with Crippen LogP contribution in [0.3, 0.4) is 0 Å². The molecule has 0 aliphatic carbocycles. The number of urea groups is 1. The molecule has 3 aromatic carbocycles. The number of carbonyl (C=O) groups excluding carboxylic acids is 1. The predicted molar refractivity (Wildman–Crippen MR) is 131 cm³/mol. The number of benzene rings is 3. The third-order valence-electron chi connectivity index (χ3n) is 6.38. The van der Waals surface area contributed by atoms with Crippen LogP contribution in [0.4, 0.5) is 21.9 Å². The molecule has 1 aliphatic heterocycles. The fourth-order valence-electron chi connectivity index (χ4n) is 4.98. The molecule has 1 heterocycles. The predicted octanol–water partition coefficient (Wildman–Crippen LogP) is 7.16. The largest absolute Gasteiger partial charge is 0.330 e. The smallest absolute Gasteiger partial charge is 0.286 e. The second-order valence-corrected chi connectivity index (χ2v) is 8.70. The lowest BCUT2D eigenvalue weighted by molar-refractivity contribution is 0.253. The van der Waals surface area contributed by atoms with Gasteiger partial charge in [0.05, 0.1) is 29.8 Å². The molecule has 4 rings (SSSR count). The van der Waals surface area contributed by atoms with E-state index in [4.69, 9.17) is 6.57 Å². The van der Waals surface area contributed by atoms with Crippen molar-refractivity contribution in [2.45, 2.75) is 45.2 Å². The van der Waals surface area contributed by atoms with Crippen LogP contribution in [0.2, 0.25) is 0 Å². The molecule has 0 N–H and O–H groups in total. The van der Waals surface area contributed by atoms with Crippen molar-refractivity contribution in [1.82, 2.24) is 0 Å². The van der Waals surface area contributed by atoms with Crippen LogP contribution >= 0.6 is 0 Å². The van der Waals surface area contributed by atoms with Gasteiger partial charge in [0.2, 0.25) is 0 Å². The Labute approximate surface area is 195 Å². The van der Waals surface area contributed by atoms with Crippen LogP contribution in [-0.2, 0) is 0 Å². The third-order valence-corrected chi connectivity index (χ3v) is 6.38. The molecule has 2 amide bonds. The topological polar surface area (TPSA) is 51.7 Å². The normalized spacial score (nSPS) is 19.9. The highest BCUT2D eigenvalue weighted by Crippen LogP contribution is 2.50. The highest BCUT2D eigenvalue weighted by molar-refractivity contribution is 6.08. The summed E-state index contributed by atoms with van der Waals surface area (Å²) < 4.78 is 0. The summed E-state index contributed by atoms with van der Waals surface area (Å²) in [6.07, 6.45) is 1.71. The van der Waals surface area contributed by atoms with Crippen molar-refractivity contribution in [3.05, 3.63) is 101 Å². The molecule has 33 heavy (non-hydrogen) atoms. The van der Waals surface area contributed by atoms with Crippen molar-refractivity contribution in [1.29, 1.82) is 5.26 Å². The fourth-order valence-corrected chi connectivity index (χ4v) is 4.98. The minimum Gasteiger partial charge on any atom is -0.286 e. The van der Waals surface area contributed by atoms with Crippen molar-refractivity contribution in [2.75, 3.05) is 9.80 Å². The molecule has 1 fully saturated rings. The van der Waals surface area contributed by atoms with Crippen molar-refractivity contribution in [3.63, 3.8) is 0 Å². The molecule has 0 saturated carbocycles. The first-order chi connectivity index (χ1) is 15.9. The van der Waals surface area contributed by atoms with E-state index in [1.54, 1.807) is 24.3 Å². The molecule has 0 bridgehead atoms. The van der Waals surface area contributed by atoms with Gasteiger partial charge in [-0.25, -0.2) is 9.64 Å². The lowest BCUT2D eigenvalue weighted by Crippen LogP contribution is -2.46. The molecular formula is C28H26N4O. The zero-order valence-electron chi connectivity index (χ0n) is 19.1. The molecule has 0 radical (unpaired) electrons. The van der Waals surface area contributed by atoms with E-state index in [2.05, 4.69) is 49.9 Å². The standard InChI is InChI=1S/C28H26N4O/c1-5-17-28(3)26(22-8-6-7-20(2)18-22)31(24-15-11-23(30-4)12-16-24)27(33)32(28)25-13-9-21(19-29)10-14-25/h6-16,18,26H,5,17H2,1-3H3/t26-,28+/m0/s1. The van der Waals surface area contributed by atoms with Crippen LogP contribution in [0.1, 0.15) is 49.4 Å². The maximum absolute atomic E-state index is 14.1. The molecule has 2 atom stereocenters. The van der Waals surface area contributed by atoms with Crippen molar-refractivity contribution in [3.8, 4) is 6.07 Å². The van der Waals surface area contributed by atoms with Gasteiger partial charge in [0.25, 0.3) is 0 Å². The molecule has 0 aromatic heterocycles. The van der Waals surface area contributed by atoms with Crippen LogP contribution in [0.5, 0.6) is 0 Å². The molecule has 164 valence electrons. The van der Waals surface area contributed by atoms with Crippen LogP contribution in [-0.4, -0.2) is 11.6 Å². The molecule has 5 heteroatoms. The average Bonchev–Trinajstić information content (AvgIpc) is 3.05. The number of hydrogen-bond acceptors (Lipinski definition) is 2. The van der Waals surface area contributed by atoms with Crippen LogP contribution < -0.4 is 9.80 Å².